The Balaban J connectivity index is 2.53. The zero-order valence-corrected chi connectivity index (χ0v) is 11.4. The largest absolute Gasteiger partial charge is 0.480 e. The summed E-state index contributed by atoms with van der Waals surface area (Å²) in [6, 6.07) is -1.16. The Morgan fingerprint density at radius 1 is 1.67 bits per heavy atom. The number of carbonyl (C=O) groups is 1. The maximum Gasteiger partial charge on any atom is 0.326 e. The number of aliphatic carboxylic acids is 1. The number of rotatable bonds is 7. The molecule has 7 nitrogen and oxygen atoms in total. The van der Waals surface area contributed by atoms with Crippen molar-refractivity contribution in [1.29, 1.82) is 0 Å². The van der Waals surface area contributed by atoms with Crippen LogP contribution in [0, 0.1) is 0 Å². The molecule has 1 aromatic heterocycles. The highest BCUT2D eigenvalue weighted by Crippen LogP contribution is 2.19. The Morgan fingerprint density at radius 3 is 2.89 bits per heavy atom. The van der Waals surface area contributed by atoms with E-state index in [4.69, 9.17) is 10.8 Å². The molecule has 18 heavy (non-hydrogen) atoms. The molecule has 0 radical (unpaired) electrons. The number of carboxylic acid groups (broad SMARTS) is 1. The molecule has 0 aliphatic rings. The van der Waals surface area contributed by atoms with Gasteiger partial charge in [0.2, 0.25) is 0 Å². The molecule has 1 aromatic rings. The van der Waals surface area contributed by atoms with Crippen LogP contribution in [0.5, 0.6) is 0 Å². The van der Waals surface area contributed by atoms with Gasteiger partial charge in [-0.15, -0.1) is 11.3 Å². The fraction of sp³-hybridized carbons (Fsp3) is 0.556. The first kappa shape index (κ1) is 14.9. The number of sulfone groups is 1. The summed E-state index contributed by atoms with van der Waals surface area (Å²) in [5.41, 5.74) is 5.65. The zero-order chi connectivity index (χ0) is 13.8. The van der Waals surface area contributed by atoms with Gasteiger partial charge in [0.1, 0.15) is 6.04 Å². The van der Waals surface area contributed by atoms with Crippen LogP contribution in [-0.4, -0.2) is 42.5 Å². The van der Waals surface area contributed by atoms with Crippen molar-refractivity contribution < 1.29 is 18.3 Å². The maximum atomic E-state index is 11.2. The van der Waals surface area contributed by atoms with Crippen molar-refractivity contribution in [3.05, 3.63) is 11.1 Å². The molecule has 0 bridgehead atoms. The molecule has 1 atom stereocenters. The van der Waals surface area contributed by atoms with E-state index in [-0.39, 0.29) is 23.7 Å². The minimum absolute atomic E-state index is 0.0173. The summed E-state index contributed by atoms with van der Waals surface area (Å²) < 4.78 is 22.5. The van der Waals surface area contributed by atoms with Gasteiger partial charge >= 0.3 is 5.97 Å². The zero-order valence-electron chi connectivity index (χ0n) is 9.79. The van der Waals surface area contributed by atoms with Gasteiger partial charge in [0, 0.05) is 17.7 Å². The number of carboxylic acids is 1. The lowest BCUT2D eigenvalue weighted by molar-refractivity contribution is -0.138. The van der Waals surface area contributed by atoms with Crippen LogP contribution in [0.3, 0.4) is 0 Å². The molecule has 0 aromatic carbocycles. The summed E-state index contributed by atoms with van der Waals surface area (Å²) in [6.45, 7) is 1.83. The molecule has 1 unspecified atom stereocenters. The predicted octanol–water partition coefficient (Wildman–Crippen LogP) is 0.0741. The van der Waals surface area contributed by atoms with Crippen LogP contribution in [0.15, 0.2) is 5.38 Å². The molecule has 0 amide bonds. The molecule has 0 aliphatic heterocycles. The first-order chi connectivity index (χ1) is 8.35. The normalized spacial score (nSPS) is 13.2. The van der Waals surface area contributed by atoms with Crippen LogP contribution >= 0.6 is 11.3 Å². The molecule has 4 N–H and O–H groups in total. The minimum Gasteiger partial charge on any atom is -0.480 e. The van der Waals surface area contributed by atoms with Crippen molar-refractivity contribution in [2.45, 2.75) is 13.0 Å². The standard InChI is InChI=1S/C9H15N3O4S2/c1-2-18(15,16)4-3-11-9-12-6(5-17-9)7(10)8(13)14/h5,7H,2-4,10H2,1H3,(H,11,12)(H,13,14). The smallest absolute Gasteiger partial charge is 0.326 e. The molecule has 0 saturated carbocycles. The van der Waals surface area contributed by atoms with Crippen LogP contribution in [0.2, 0.25) is 0 Å². The average Bonchev–Trinajstić information content (AvgIpc) is 2.76. The minimum atomic E-state index is -3.02. The van der Waals surface area contributed by atoms with Gasteiger partial charge in [-0.25, -0.2) is 13.4 Å². The summed E-state index contributed by atoms with van der Waals surface area (Å²) in [5, 5.41) is 13.5. The van der Waals surface area contributed by atoms with E-state index >= 15 is 0 Å². The molecule has 0 saturated heterocycles. The average molecular weight is 293 g/mol. The molecule has 0 fully saturated rings. The van der Waals surface area contributed by atoms with Gasteiger partial charge in [0.25, 0.3) is 0 Å². The van der Waals surface area contributed by atoms with E-state index in [0.29, 0.717) is 5.13 Å². The third-order valence-electron chi connectivity index (χ3n) is 2.24. The monoisotopic (exact) mass is 293 g/mol. The van der Waals surface area contributed by atoms with Crippen molar-refractivity contribution in [2.75, 3.05) is 23.4 Å². The van der Waals surface area contributed by atoms with E-state index in [1.807, 2.05) is 0 Å². The van der Waals surface area contributed by atoms with E-state index in [2.05, 4.69) is 10.3 Å². The van der Waals surface area contributed by atoms with Gasteiger partial charge in [-0.3, -0.25) is 4.79 Å². The number of anilines is 1. The van der Waals surface area contributed by atoms with Crippen LogP contribution < -0.4 is 11.1 Å². The fourth-order valence-electron chi connectivity index (χ4n) is 1.09. The Morgan fingerprint density at radius 2 is 2.33 bits per heavy atom. The maximum absolute atomic E-state index is 11.2. The summed E-state index contributed by atoms with van der Waals surface area (Å²) in [7, 11) is -3.02. The predicted molar refractivity (Wildman–Crippen MR) is 69.5 cm³/mol. The van der Waals surface area contributed by atoms with Crippen molar-refractivity contribution in [1.82, 2.24) is 4.98 Å². The molecule has 1 heterocycles. The Hall–Kier alpha value is -1.19. The van der Waals surface area contributed by atoms with Crippen LogP contribution in [0.1, 0.15) is 18.7 Å². The van der Waals surface area contributed by atoms with E-state index in [1.54, 1.807) is 6.92 Å². The van der Waals surface area contributed by atoms with Crippen LogP contribution in [0.4, 0.5) is 5.13 Å². The first-order valence-corrected chi connectivity index (χ1v) is 7.94. The molecular weight excluding hydrogens is 278 g/mol. The molecule has 0 aliphatic carbocycles. The molecule has 0 spiro atoms. The number of hydrogen-bond acceptors (Lipinski definition) is 7. The van der Waals surface area contributed by atoms with Gasteiger partial charge in [-0.1, -0.05) is 6.92 Å². The van der Waals surface area contributed by atoms with Crippen LogP contribution in [-0.2, 0) is 14.6 Å². The van der Waals surface area contributed by atoms with Gasteiger partial charge in [-0.2, -0.15) is 0 Å². The molecular formula is C9H15N3O4S2. The Labute approximate surface area is 109 Å². The lowest BCUT2D eigenvalue weighted by atomic mass is 10.2. The van der Waals surface area contributed by atoms with E-state index in [0.717, 1.165) is 0 Å². The summed E-state index contributed by atoms with van der Waals surface area (Å²) in [4.78, 5) is 14.6. The Bertz CT molecular complexity index is 512. The number of aromatic nitrogens is 1. The second-order valence-electron chi connectivity index (χ2n) is 3.56. The number of thiazole rings is 1. The summed E-state index contributed by atoms with van der Waals surface area (Å²) >= 11 is 1.19. The topological polar surface area (TPSA) is 122 Å². The summed E-state index contributed by atoms with van der Waals surface area (Å²) in [5.74, 6) is -1.04. The second-order valence-corrected chi connectivity index (χ2v) is 6.89. The number of nitrogens with one attached hydrogen (secondary N) is 1. The SMILES string of the molecule is CCS(=O)(=O)CCNc1nc(C(N)C(=O)O)cs1. The lowest BCUT2D eigenvalue weighted by Gasteiger charge is -2.03. The van der Waals surface area contributed by atoms with Crippen LogP contribution in [0.25, 0.3) is 0 Å². The highest BCUT2D eigenvalue weighted by Gasteiger charge is 2.17. The van der Waals surface area contributed by atoms with Gasteiger partial charge in [0.05, 0.1) is 11.4 Å². The second kappa shape index (κ2) is 6.12. The molecule has 9 heteroatoms. The number of nitrogens with zero attached hydrogens (tertiary/aromatic N) is 1. The van der Waals surface area contributed by atoms with E-state index in [9.17, 15) is 13.2 Å². The summed E-state index contributed by atoms with van der Waals surface area (Å²) in [6.07, 6.45) is 0. The van der Waals surface area contributed by atoms with E-state index in [1.165, 1.54) is 16.7 Å². The van der Waals surface area contributed by atoms with Crippen molar-refractivity contribution in [2.24, 2.45) is 5.73 Å². The quantitative estimate of drug-likeness (QED) is 0.650. The van der Waals surface area contributed by atoms with E-state index < -0.39 is 21.8 Å². The molecule has 1 rings (SSSR count). The lowest BCUT2D eigenvalue weighted by Crippen LogP contribution is -2.21. The molecule has 102 valence electrons. The third-order valence-corrected chi connectivity index (χ3v) is 4.76. The van der Waals surface area contributed by atoms with Gasteiger partial charge in [-0.05, 0) is 0 Å². The third kappa shape index (κ3) is 4.24. The number of hydrogen-bond donors (Lipinski definition) is 3. The van der Waals surface area contributed by atoms with Gasteiger partial charge in [0.15, 0.2) is 15.0 Å². The number of nitrogens with two attached hydrogens (primary N) is 1. The highest BCUT2D eigenvalue weighted by molar-refractivity contribution is 7.91. The van der Waals surface area contributed by atoms with Crippen molar-refractivity contribution in [3.63, 3.8) is 0 Å². The van der Waals surface area contributed by atoms with Crippen molar-refractivity contribution in [3.8, 4) is 0 Å². The first-order valence-electron chi connectivity index (χ1n) is 5.24. The fourth-order valence-corrected chi connectivity index (χ4v) is 2.57. The van der Waals surface area contributed by atoms with Gasteiger partial charge < -0.3 is 16.2 Å². The van der Waals surface area contributed by atoms with Crippen molar-refractivity contribution >= 4 is 32.3 Å². The highest BCUT2D eigenvalue weighted by atomic mass is 32.2. The Kier molecular flexibility index (Phi) is 5.05.